The van der Waals surface area contributed by atoms with Crippen molar-refractivity contribution in [2.24, 2.45) is 0 Å². The number of hydrogen-bond donors (Lipinski definition) is 1. The van der Waals surface area contributed by atoms with E-state index in [-0.39, 0.29) is 5.56 Å². The predicted octanol–water partition coefficient (Wildman–Crippen LogP) is 2.47. The predicted molar refractivity (Wildman–Crippen MR) is 46.8 cm³/mol. The van der Waals surface area contributed by atoms with Gasteiger partial charge in [0.05, 0.1) is 0 Å². The van der Waals surface area contributed by atoms with Crippen LogP contribution in [0.3, 0.4) is 0 Å². The number of aliphatic hydroxyl groups is 1. The van der Waals surface area contributed by atoms with Crippen molar-refractivity contribution in [2.75, 3.05) is 6.61 Å². The standard InChI is InChI=1S/C10H12F2O/c1-8-4-2-3-5-9(8)10(11,12)6-7-13/h2-5,13H,6-7H2,1H3. The number of halogens is 2. The Morgan fingerprint density at radius 3 is 2.46 bits per heavy atom. The number of aliphatic hydroxyl groups excluding tert-OH is 1. The van der Waals surface area contributed by atoms with Crippen molar-refractivity contribution in [2.45, 2.75) is 19.3 Å². The first-order valence-electron chi connectivity index (χ1n) is 4.13. The molecule has 0 radical (unpaired) electrons. The maximum Gasteiger partial charge on any atom is 0.275 e. The van der Waals surface area contributed by atoms with Crippen molar-refractivity contribution in [3.05, 3.63) is 35.4 Å². The molecule has 0 saturated heterocycles. The summed E-state index contributed by atoms with van der Waals surface area (Å²) in [4.78, 5) is 0. The van der Waals surface area contributed by atoms with Gasteiger partial charge in [0.15, 0.2) is 0 Å². The first-order chi connectivity index (χ1) is 6.08. The normalized spacial score (nSPS) is 11.7. The zero-order chi connectivity index (χ0) is 9.90. The summed E-state index contributed by atoms with van der Waals surface area (Å²) in [5, 5.41) is 8.47. The van der Waals surface area contributed by atoms with Crippen molar-refractivity contribution >= 4 is 0 Å². The van der Waals surface area contributed by atoms with Gasteiger partial charge in [-0.05, 0) is 12.5 Å². The molecule has 1 N–H and O–H groups in total. The van der Waals surface area contributed by atoms with Gasteiger partial charge < -0.3 is 5.11 Å². The zero-order valence-electron chi connectivity index (χ0n) is 7.43. The molecule has 0 aliphatic heterocycles. The Labute approximate surface area is 76.0 Å². The van der Waals surface area contributed by atoms with E-state index >= 15 is 0 Å². The van der Waals surface area contributed by atoms with Crippen LogP contribution in [0.25, 0.3) is 0 Å². The maximum absolute atomic E-state index is 13.3. The molecule has 1 aromatic carbocycles. The van der Waals surface area contributed by atoms with Gasteiger partial charge in [0.1, 0.15) is 0 Å². The first-order valence-corrected chi connectivity index (χ1v) is 4.13. The summed E-state index contributed by atoms with van der Waals surface area (Å²) >= 11 is 0. The molecule has 3 heteroatoms. The molecule has 0 aromatic heterocycles. The fourth-order valence-electron chi connectivity index (χ4n) is 1.26. The number of alkyl halides is 2. The largest absolute Gasteiger partial charge is 0.396 e. The molecule has 0 heterocycles. The lowest BCUT2D eigenvalue weighted by molar-refractivity contribution is -0.0274. The van der Waals surface area contributed by atoms with Gasteiger partial charge in [-0.25, -0.2) is 8.78 Å². The van der Waals surface area contributed by atoms with Crippen LogP contribution in [0, 0.1) is 6.92 Å². The van der Waals surface area contributed by atoms with Crippen LogP contribution in [0.1, 0.15) is 17.5 Å². The highest BCUT2D eigenvalue weighted by Gasteiger charge is 2.31. The Kier molecular flexibility index (Phi) is 2.98. The van der Waals surface area contributed by atoms with Gasteiger partial charge in [0.25, 0.3) is 5.92 Å². The molecule has 0 fully saturated rings. The fraction of sp³-hybridized carbons (Fsp3) is 0.400. The quantitative estimate of drug-likeness (QED) is 0.768. The summed E-state index contributed by atoms with van der Waals surface area (Å²) in [5.74, 6) is -2.92. The number of hydrogen-bond acceptors (Lipinski definition) is 1. The summed E-state index contributed by atoms with van der Waals surface area (Å²) in [6, 6.07) is 6.33. The van der Waals surface area contributed by atoms with Crippen molar-refractivity contribution in [1.82, 2.24) is 0 Å². The van der Waals surface area contributed by atoms with Crippen LogP contribution < -0.4 is 0 Å². The Bertz CT molecular complexity index is 284. The minimum absolute atomic E-state index is 0.00375. The molecule has 1 nitrogen and oxygen atoms in total. The molecule has 0 unspecified atom stereocenters. The summed E-state index contributed by atoms with van der Waals surface area (Å²) in [6.45, 7) is 1.14. The zero-order valence-corrected chi connectivity index (χ0v) is 7.43. The molecule has 0 aliphatic rings. The minimum Gasteiger partial charge on any atom is -0.396 e. The van der Waals surface area contributed by atoms with E-state index in [1.807, 2.05) is 0 Å². The molecular formula is C10H12F2O. The van der Waals surface area contributed by atoms with E-state index in [2.05, 4.69) is 0 Å². The summed E-state index contributed by atoms with van der Waals surface area (Å²) < 4.78 is 26.5. The molecule has 0 bridgehead atoms. The van der Waals surface area contributed by atoms with Gasteiger partial charge >= 0.3 is 0 Å². The third-order valence-corrected chi connectivity index (χ3v) is 1.96. The van der Waals surface area contributed by atoms with Gasteiger partial charge in [0.2, 0.25) is 0 Å². The third kappa shape index (κ3) is 2.25. The molecule has 0 saturated carbocycles. The second kappa shape index (κ2) is 3.83. The number of aryl methyl sites for hydroxylation is 1. The SMILES string of the molecule is Cc1ccccc1C(F)(F)CCO. The summed E-state index contributed by atoms with van der Waals surface area (Å²) in [6.07, 6.45) is -0.516. The van der Waals surface area contributed by atoms with E-state index < -0.39 is 19.0 Å². The highest BCUT2D eigenvalue weighted by molar-refractivity contribution is 5.29. The molecule has 1 rings (SSSR count). The first kappa shape index (κ1) is 10.1. The minimum atomic E-state index is -2.92. The van der Waals surface area contributed by atoms with E-state index in [1.54, 1.807) is 25.1 Å². The second-order valence-electron chi connectivity index (χ2n) is 2.99. The topological polar surface area (TPSA) is 20.2 Å². The number of benzene rings is 1. The summed E-state index contributed by atoms with van der Waals surface area (Å²) in [5.41, 5.74) is 0.560. The Hall–Kier alpha value is -0.960. The molecule has 13 heavy (non-hydrogen) atoms. The van der Waals surface area contributed by atoms with E-state index in [0.29, 0.717) is 5.56 Å². The molecule has 1 aromatic rings. The highest BCUT2D eigenvalue weighted by atomic mass is 19.3. The van der Waals surface area contributed by atoms with Crippen molar-refractivity contribution in [3.8, 4) is 0 Å². The Morgan fingerprint density at radius 1 is 1.31 bits per heavy atom. The second-order valence-corrected chi connectivity index (χ2v) is 2.99. The summed E-state index contributed by atoms with van der Waals surface area (Å²) in [7, 11) is 0. The average Bonchev–Trinajstić information content (AvgIpc) is 2.04. The lowest BCUT2D eigenvalue weighted by Crippen LogP contribution is -2.16. The van der Waals surface area contributed by atoms with Crippen molar-refractivity contribution in [1.29, 1.82) is 0 Å². The van der Waals surface area contributed by atoms with Crippen LogP contribution in [0.5, 0.6) is 0 Å². The van der Waals surface area contributed by atoms with Crippen LogP contribution in [0.15, 0.2) is 24.3 Å². The van der Waals surface area contributed by atoms with Crippen LogP contribution >= 0.6 is 0 Å². The van der Waals surface area contributed by atoms with Crippen molar-refractivity contribution < 1.29 is 13.9 Å². The molecule has 0 aliphatic carbocycles. The monoisotopic (exact) mass is 186 g/mol. The lowest BCUT2D eigenvalue weighted by atomic mass is 10.0. The maximum atomic E-state index is 13.3. The molecule has 0 spiro atoms. The van der Waals surface area contributed by atoms with E-state index in [4.69, 9.17) is 5.11 Å². The smallest absolute Gasteiger partial charge is 0.275 e. The molecular weight excluding hydrogens is 174 g/mol. The van der Waals surface area contributed by atoms with E-state index in [0.717, 1.165) is 0 Å². The Balaban J connectivity index is 2.99. The third-order valence-electron chi connectivity index (χ3n) is 1.96. The van der Waals surface area contributed by atoms with Crippen molar-refractivity contribution in [3.63, 3.8) is 0 Å². The molecule has 0 atom stereocenters. The Morgan fingerprint density at radius 2 is 1.92 bits per heavy atom. The molecule has 72 valence electrons. The average molecular weight is 186 g/mol. The molecule has 0 amide bonds. The van der Waals surface area contributed by atoms with Crippen LogP contribution in [0.2, 0.25) is 0 Å². The van der Waals surface area contributed by atoms with E-state index in [1.165, 1.54) is 6.07 Å². The lowest BCUT2D eigenvalue weighted by Gasteiger charge is -2.17. The van der Waals surface area contributed by atoms with Crippen LogP contribution in [-0.4, -0.2) is 11.7 Å². The number of rotatable bonds is 3. The van der Waals surface area contributed by atoms with Gasteiger partial charge in [-0.1, -0.05) is 24.3 Å². The van der Waals surface area contributed by atoms with Crippen LogP contribution in [-0.2, 0) is 5.92 Å². The van der Waals surface area contributed by atoms with Gasteiger partial charge in [-0.15, -0.1) is 0 Å². The van der Waals surface area contributed by atoms with Gasteiger partial charge in [0, 0.05) is 18.6 Å². The van der Waals surface area contributed by atoms with Gasteiger partial charge in [-0.3, -0.25) is 0 Å². The fourth-order valence-corrected chi connectivity index (χ4v) is 1.26. The highest BCUT2D eigenvalue weighted by Crippen LogP contribution is 2.33. The van der Waals surface area contributed by atoms with Gasteiger partial charge in [-0.2, -0.15) is 0 Å². The van der Waals surface area contributed by atoms with E-state index in [9.17, 15) is 8.78 Å². The van der Waals surface area contributed by atoms with Crippen LogP contribution in [0.4, 0.5) is 8.78 Å².